The van der Waals surface area contributed by atoms with Crippen LogP contribution in [0.4, 0.5) is 19.0 Å². The second kappa shape index (κ2) is 4.53. The summed E-state index contributed by atoms with van der Waals surface area (Å²) in [5, 5.41) is 8.72. The zero-order valence-corrected chi connectivity index (χ0v) is 9.31. The Balaban J connectivity index is 2.57. The normalized spacial score (nSPS) is 11.1. The molecule has 0 aliphatic heterocycles. The molecule has 0 saturated carbocycles. The van der Waals surface area contributed by atoms with Gasteiger partial charge in [-0.1, -0.05) is 0 Å². The van der Waals surface area contributed by atoms with Crippen LogP contribution in [-0.2, 0) is 6.18 Å². The van der Waals surface area contributed by atoms with Gasteiger partial charge < -0.3 is 5.73 Å². The number of nitrogens with two attached hydrogens (primary N) is 1. The van der Waals surface area contributed by atoms with Gasteiger partial charge in [0.05, 0.1) is 11.3 Å². The van der Waals surface area contributed by atoms with Gasteiger partial charge in [-0.15, -0.1) is 0 Å². The van der Waals surface area contributed by atoms with Crippen molar-refractivity contribution in [3.8, 4) is 17.3 Å². The van der Waals surface area contributed by atoms with Crippen LogP contribution in [0, 0.1) is 11.3 Å². The van der Waals surface area contributed by atoms with E-state index in [1.165, 1.54) is 24.5 Å². The minimum atomic E-state index is -4.69. The number of rotatable bonds is 1. The Morgan fingerprint density at radius 3 is 2.53 bits per heavy atom. The summed E-state index contributed by atoms with van der Waals surface area (Å²) in [5.74, 6) is -1.63. The maximum atomic E-state index is 12.6. The Morgan fingerprint density at radius 1 is 1.16 bits per heavy atom. The molecule has 0 aliphatic rings. The SMILES string of the molecule is N#Cc1cncc(-c2cc(N)nc(C(F)(F)F)n2)c1. The molecule has 2 aromatic rings. The average molecular weight is 265 g/mol. The van der Waals surface area contributed by atoms with E-state index in [0.29, 0.717) is 0 Å². The summed E-state index contributed by atoms with van der Waals surface area (Å²) in [6.45, 7) is 0. The lowest BCUT2D eigenvalue weighted by Gasteiger charge is -2.08. The molecule has 2 N–H and O–H groups in total. The molecular formula is C11H6F3N5. The van der Waals surface area contributed by atoms with E-state index in [4.69, 9.17) is 11.0 Å². The van der Waals surface area contributed by atoms with Crippen LogP contribution in [0.3, 0.4) is 0 Å². The number of halogens is 3. The van der Waals surface area contributed by atoms with Crippen LogP contribution in [-0.4, -0.2) is 15.0 Å². The molecule has 0 spiro atoms. The lowest BCUT2D eigenvalue weighted by atomic mass is 10.1. The molecule has 96 valence electrons. The molecule has 0 fully saturated rings. The molecular weight excluding hydrogens is 259 g/mol. The van der Waals surface area contributed by atoms with Gasteiger partial charge in [0.1, 0.15) is 11.9 Å². The van der Waals surface area contributed by atoms with Crippen molar-refractivity contribution in [2.45, 2.75) is 6.18 Å². The molecule has 0 aliphatic carbocycles. The molecule has 2 rings (SSSR count). The van der Waals surface area contributed by atoms with Crippen LogP contribution in [0.2, 0.25) is 0 Å². The standard InChI is InChI=1S/C11H6F3N5/c12-11(13,14)10-18-8(2-9(16)19-10)7-1-6(3-15)4-17-5-7/h1-2,4-5H,(H2,16,18,19). The fraction of sp³-hybridized carbons (Fsp3) is 0.0909. The van der Waals surface area contributed by atoms with Gasteiger partial charge in [0.25, 0.3) is 0 Å². The predicted molar refractivity (Wildman–Crippen MR) is 59.4 cm³/mol. The highest BCUT2D eigenvalue weighted by Crippen LogP contribution is 2.29. The third-order valence-electron chi connectivity index (χ3n) is 2.16. The van der Waals surface area contributed by atoms with E-state index in [1.54, 1.807) is 0 Å². The summed E-state index contributed by atoms with van der Waals surface area (Å²) in [4.78, 5) is 10.3. The highest BCUT2D eigenvalue weighted by Gasteiger charge is 2.35. The summed E-state index contributed by atoms with van der Waals surface area (Å²) in [6.07, 6.45) is -2.11. The number of pyridine rings is 1. The number of alkyl halides is 3. The Kier molecular flexibility index (Phi) is 3.04. The molecule has 0 amide bonds. The van der Waals surface area contributed by atoms with Crippen molar-refractivity contribution >= 4 is 5.82 Å². The number of aromatic nitrogens is 3. The summed E-state index contributed by atoms with van der Waals surface area (Å²) >= 11 is 0. The minimum absolute atomic E-state index is 0.0376. The van der Waals surface area contributed by atoms with Gasteiger partial charge in [-0.05, 0) is 6.07 Å². The minimum Gasteiger partial charge on any atom is -0.384 e. The van der Waals surface area contributed by atoms with E-state index in [1.807, 2.05) is 6.07 Å². The highest BCUT2D eigenvalue weighted by atomic mass is 19.4. The lowest BCUT2D eigenvalue weighted by molar-refractivity contribution is -0.144. The van der Waals surface area contributed by atoms with Crippen LogP contribution in [0.1, 0.15) is 11.4 Å². The van der Waals surface area contributed by atoms with Crippen LogP contribution in [0.25, 0.3) is 11.3 Å². The maximum Gasteiger partial charge on any atom is 0.451 e. The van der Waals surface area contributed by atoms with Gasteiger partial charge in [0.15, 0.2) is 0 Å². The average Bonchev–Trinajstić information content (AvgIpc) is 2.37. The number of nitrogen functional groups attached to an aromatic ring is 1. The molecule has 19 heavy (non-hydrogen) atoms. The van der Waals surface area contributed by atoms with Crippen LogP contribution < -0.4 is 5.73 Å². The summed E-state index contributed by atoms with van der Waals surface area (Å²) in [6, 6.07) is 4.40. The van der Waals surface area contributed by atoms with E-state index in [2.05, 4.69) is 15.0 Å². The molecule has 2 heterocycles. The fourth-order valence-corrected chi connectivity index (χ4v) is 1.38. The fourth-order valence-electron chi connectivity index (χ4n) is 1.38. The quantitative estimate of drug-likeness (QED) is 0.851. The Bertz CT molecular complexity index is 660. The Hall–Kier alpha value is -2.69. The van der Waals surface area contributed by atoms with Gasteiger partial charge in [0, 0.05) is 24.0 Å². The first-order valence-corrected chi connectivity index (χ1v) is 4.97. The van der Waals surface area contributed by atoms with E-state index >= 15 is 0 Å². The van der Waals surface area contributed by atoms with Crippen molar-refractivity contribution < 1.29 is 13.2 Å². The lowest BCUT2D eigenvalue weighted by Crippen LogP contribution is -2.13. The van der Waals surface area contributed by atoms with Crippen molar-refractivity contribution in [1.82, 2.24) is 15.0 Å². The van der Waals surface area contributed by atoms with E-state index in [0.717, 1.165) is 0 Å². The Morgan fingerprint density at radius 2 is 1.89 bits per heavy atom. The van der Waals surface area contributed by atoms with Crippen LogP contribution >= 0.6 is 0 Å². The van der Waals surface area contributed by atoms with E-state index < -0.39 is 12.0 Å². The van der Waals surface area contributed by atoms with E-state index in [-0.39, 0.29) is 22.6 Å². The van der Waals surface area contributed by atoms with Crippen molar-refractivity contribution in [3.63, 3.8) is 0 Å². The summed E-state index contributed by atoms with van der Waals surface area (Å²) in [7, 11) is 0. The first kappa shape index (κ1) is 12.8. The molecule has 8 heteroatoms. The van der Waals surface area contributed by atoms with Crippen molar-refractivity contribution in [1.29, 1.82) is 5.26 Å². The van der Waals surface area contributed by atoms with Gasteiger partial charge in [-0.25, -0.2) is 9.97 Å². The number of hydrogen-bond donors (Lipinski definition) is 1. The monoisotopic (exact) mass is 265 g/mol. The van der Waals surface area contributed by atoms with Crippen LogP contribution in [0.5, 0.6) is 0 Å². The molecule has 0 aromatic carbocycles. The Labute approximate surface area is 105 Å². The van der Waals surface area contributed by atoms with Crippen molar-refractivity contribution in [3.05, 3.63) is 35.9 Å². The smallest absolute Gasteiger partial charge is 0.384 e. The van der Waals surface area contributed by atoms with Crippen LogP contribution in [0.15, 0.2) is 24.5 Å². The second-order valence-corrected chi connectivity index (χ2v) is 3.57. The number of nitrogens with zero attached hydrogens (tertiary/aromatic N) is 4. The molecule has 5 nitrogen and oxygen atoms in total. The van der Waals surface area contributed by atoms with Gasteiger partial charge in [-0.2, -0.15) is 18.4 Å². The molecule has 0 radical (unpaired) electrons. The third kappa shape index (κ3) is 2.77. The summed E-state index contributed by atoms with van der Waals surface area (Å²) in [5.41, 5.74) is 5.76. The van der Waals surface area contributed by atoms with Crippen molar-refractivity contribution in [2.75, 3.05) is 5.73 Å². The van der Waals surface area contributed by atoms with E-state index in [9.17, 15) is 13.2 Å². The second-order valence-electron chi connectivity index (χ2n) is 3.57. The topological polar surface area (TPSA) is 88.5 Å². The van der Waals surface area contributed by atoms with Gasteiger partial charge >= 0.3 is 6.18 Å². The van der Waals surface area contributed by atoms with Crippen molar-refractivity contribution in [2.24, 2.45) is 0 Å². The maximum absolute atomic E-state index is 12.6. The zero-order valence-electron chi connectivity index (χ0n) is 9.31. The first-order valence-electron chi connectivity index (χ1n) is 4.97. The predicted octanol–water partition coefficient (Wildman–Crippen LogP) is 2.01. The summed E-state index contributed by atoms with van der Waals surface area (Å²) < 4.78 is 37.7. The molecule has 0 saturated heterocycles. The first-order chi connectivity index (χ1) is 8.90. The number of hydrogen-bond acceptors (Lipinski definition) is 5. The molecule has 2 aromatic heterocycles. The molecule has 0 unspecified atom stereocenters. The zero-order chi connectivity index (χ0) is 14.0. The number of nitriles is 1. The molecule has 0 bridgehead atoms. The highest BCUT2D eigenvalue weighted by molar-refractivity contribution is 5.62. The number of anilines is 1. The third-order valence-corrected chi connectivity index (χ3v) is 2.16. The largest absolute Gasteiger partial charge is 0.451 e. The van der Waals surface area contributed by atoms with Gasteiger partial charge in [-0.3, -0.25) is 4.98 Å². The van der Waals surface area contributed by atoms with Gasteiger partial charge in [0.2, 0.25) is 5.82 Å². The molecule has 0 atom stereocenters.